The SMILES string of the molecule is CCCCCCCCCCCCCCCCCCCCCCCC(=O)OC[C@H](COP(=O)(O)OC[C@@H](O)COP(=O)(O)OC[C@@H](COC(=O)CCCCCCCCCC(C)C)OC(=O)CCCCCCCCCCCCCCCCC(C)CC)OC(=O)CCCCCCCCCCCCCCCCCCCCC(C)CC. The van der Waals surface area contributed by atoms with Crippen LogP contribution in [0.4, 0.5) is 0 Å². The third-order valence-corrected chi connectivity index (χ3v) is 24.3. The van der Waals surface area contributed by atoms with Gasteiger partial charge in [0.2, 0.25) is 0 Å². The summed E-state index contributed by atoms with van der Waals surface area (Å²) in [5.74, 6) is 0.322. The van der Waals surface area contributed by atoms with Crippen LogP contribution in [-0.2, 0) is 65.4 Å². The van der Waals surface area contributed by atoms with Gasteiger partial charge < -0.3 is 33.8 Å². The Balaban J connectivity index is 5.22. The van der Waals surface area contributed by atoms with Gasteiger partial charge in [0.1, 0.15) is 19.3 Å². The summed E-state index contributed by atoms with van der Waals surface area (Å²) in [6.45, 7) is 12.1. The molecule has 0 aromatic heterocycles. The van der Waals surface area contributed by atoms with E-state index in [0.29, 0.717) is 31.6 Å². The molecule has 4 unspecified atom stereocenters. The van der Waals surface area contributed by atoms with Crippen molar-refractivity contribution in [2.75, 3.05) is 39.6 Å². The minimum Gasteiger partial charge on any atom is -0.462 e. The number of aliphatic hydroxyl groups is 1. The molecule has 660 valence electrons. The van der Waals surface area contributed by atoms with Crippen molar-refractivity contribution in [3.63, 3.8) is 0 Å². The zero-order valence-electron chi connectivity index (χ0n) is 73.4. The minimum absolute atomic E-state index is 0.107. The van der Waals surface area contributed by atoms with Crippen LogP contribution in [-0.4, -0.2) is 96.7 Å². The standard InChI is InChI=1S/C92H180O17P2/c1-8-11-12-13-14-15-16-17-18-19-20-21-22-26-29-35-40-45-52-59-66-73-89(94)102-79-87(108-91(96)75-68-61-53-46-41-36-30-27-24-23-25-28-33-38-43-50-57-64-71-84(6)9-2)81-106-110(98,99)104-77-86(93)78-105-111(100,101)107-82-88(80-103-90(95)74-67-60-55-48-49-56-63-70-83(4)5)109-92(97)76-69-62-54-47-42-37-32-31-34-39-44-51-58-65-72-85(7)10-3/h83-88,93H,8-82H2,1-7H3,(H,98,99)(H,100,101)/t84?,85?,86-,87-,88-/m1/s1. The summed E-state index contributed by atoms with van der Waals surface area (Å²) >= 11 is 0. The first-order valence-electron chi connectivity index (χ1n) is 47.4. The summed E-state index contributed by atoms with van der Waals surface area (Å²) in [5.41, 5.74) is 0. The Morgan fingerprint density at radius 1 is 0.261 bits per heavy atom. The van der Waals surface area contributed by atoms with Crippen LogP contribution < -0.4 is 0 Å². The van der Waals surface area contributed by atoms with Crippen LogP contribution >= 0.6 is 15.6 Å². The van der Waals surface area contributed by atoms with E-state index in [0.717, 1.165) is 108 Å². The maximum Gasteiger partial charge on any atom is 0.472 e. The molecule has 0 saturated heterocycles. The maximum atomic E-state index is 13.2. The van der Waals surface area contributed by atoms with E-state index in [4.69, 9.17) is 37.0 Å². The number of rotatable bonds is 90. The lowest BCUT2D eigenvalue weighted by atomic mass is 9.99. The molecule has 7 atom stereocenters. The Bertz CT molecular complexity index is 2130. The monoisotopic (exact) mass is 1620 g/mol. The molecule has 0 aliphatic heterocycles. The van der Waals surface area contributed by atoms with Crippen molar-refractivity contribution in [2.24, 2.45) is 17.8 Å². The summed E-state index contributed by atoms with van der Waals surface area (Å²) in [5, 5.41) is 10.7. The number of carbonyl (C=O) groups is 4. The summed E-state index contributed by atoms with van der Waals surface area (Å²) in [6, 6.07) is 0. The summed E-state index contributed by atoms with van der Waals surface area (Å²) in [7, 11) is -9.94. The highest BCUT2D eigenvalue weighted by molar-refractivity contribution is 7.47. The predicted octanol–water partition coefficient (Wildman–Crippen LogP) is 28.4. The zero-order valence-corrected chi connectivity index (χ0v) is 75.2. The molecule has 0 heterocycles. The van der Waals surface area contributed by atoms with E-state index in [1.165, 1.54) is 295 Å². The molecule has 0 amide bonds. The molecule has 17 nitrogen and oxygen atoms in total. The lowest BCUT2D eigenvalue weighted by Crippen LogP contribution is -2.30. The lowest BCUT2D eigenvalue weighted by molar-refractivity contribution is -0.161. The van der Waals surface area contributed by atoms with Gasteiger partial charge in [0, 0.05) is 25.7 Å². The van der Waals surface area contributed by atoms with Gasteiger partial charge >= 0.3 is 39.5 Å². The second-order valence-electron chi connectivity index (χ2n) is 34.0. The van der Waals surface area contributed by atoms with Crippen molar-refractivity contribution in [1.82, 2.24) is 0 Å². The lowest BCUT2D eigenvalue weighted by Gasteiger charge is -2.21. The van der Waals surface area contributed by atoms with Crippen LogP contribution in [0.15, 0.2) is 0 Å². The van der Waals surface area contributed by atoms with Crippen LogP contribution in [0.2, 0.25) is 0 Å². The van der Waals surface area contributed by atoms with E-state index in [2.05, 4.69) is 48.5 Å². The third kappa shape index (κ3) is 82.9. The van der Waals surface area contributed by atoms with E-state index in [9.17, 15) is 43.2 Å². The van der Waals surface area contributed by atoms with E-state index in [1.54, 1.807) is 0 Å². The molecule has 0 radical (unpaired) electrons. The van der Waals surface area contributed by atoms with Gasteiger partial charge in [-0.05, 0) is 43.4 Å². The predicted molar refractivity (Wildman–Crippen MR) is 460 cm³/mol. The van der Waals surface area contributed by atoms with Crippen molar-refractivity contribution >= 4 is 39.5 Å². The molecule has 0 aliphatic rings. The molecular formula is C92H180O17P2. The molecule has 111 heavy (non-hydrogen) atoms. The first-order chi connectivity index (χ1) is 53.8. The van der Waals surface area contributed by atoms with Crippen molar-refractivity contribution in [2.45, 2.75) is 510 Å². The first-order valence-corrected chi connectivity index (χ1v) is 50.4. The molecule has 19 heteroatoms. The third-order valence-electron chi connectivity index (χ3n) is 22.4. The topological polar surface area (TPSA) is 237 Å². The van der Waals surface area contributed by atoms with Crippen LogP contribution in [0.25, 0.3) is 0 Å². The van der Waals surface area contributed by atoms with Crippen LogP contribution in [0.1, 0.15) is 492 Å². The Morgan fingerprint density at radius 2 is 0.459 bits per heavy atom. The molecule has 0 fully saturated rings. The second-order valence-corrected chi connectivity index (χ2v) is 36.9. The molecular weight excluding hydrogens is 1440 g/mol. The van der Waals surface area contributed by atoms with E-state index in [1.807, 2.05) is 0 Å². The number of unbranched alkanes of at least 4 members (excludes halogenated alkanes) is 56. The molecule has 0 aromatic rings. The van der Waals surface area contributed by atoms with Gasteiger partial charge in [-0.1, -0.05) is 440 Å². The highest BCUT2D eigenvalue weighted by Crippen LogP contribution is 2.45. The largest absolute Gasteiger partial charge is 0.472 e. The molecule has 0 spiro atoms. The van der Waals surface area contributed by atoms with Gasteiger partial charge in [-0.3, -0.25) is 37.3 Å². The van der Waals surface area contributed by atoms with Crippen molar-refractivity contribution in [3.8, 4) is 0 Å². The minimum atomic E-state index is -4.97. The summed E-state index contributed by atoms with van der Waals surface area (Å²) in [6.07, 6.45) is 75.2. The van der Waals surface area contributed by atoms with Gasteiger partial charge in [0.15, 0.2) is 12.2 Å². The normalized spacial score (nSPS) is 14.3. The quantitative estimate of drug-likeness (QED) is 0.0222. The van der Waals surface area contributed by atoms with Gasteiger partial charge in [-0.2, -0.15) is 0 Å². The number of aliphatic hydroxyl groups excluding tert-OH is 1. The van der Waals surface area contributed by atoms with Crippen LogP contribution in [0.5, 0.6) is 0 Å². The number of hydrogen-bond acceptors (Lipinski definition) is 15. The maximum absolute atomic E-state index is 13.2. The average molecular weight is 1620 g/mol. The number of ether oxygens (including phenoxy) is 4. The Kier molecular flexibility index (Phi) is 80.4. The zero-order chi connectivity index (χ0) is 81.5. The van der Waals surface area contributed by atoms with Gasteiger partial charge in [-0.25, -0.2) is 9.13 Å². The fourth-order valence-corrected chi connectivity index (χ4v) is 15.9. The van der Waals surface area contributed by atoms with Gasteiger partial charge in [-0.15, -0.1) is 0 Å². The fraction of sp³-hybridized carbons (Fsp3) is 0.957. The summed E-state index contributed by atoms with van der Waals surface area (Å²) < 4.78 is 69.1. The van der Waals surface area contributed by atoms with Gasteiger partial charge in [0.05, 0.1) is 26.4 Å². The smallest absolute Gasteiger partial charge is 0.462 e. The molecule has 0 aliphatic carbocycles. The van der Waals surface area contributed by atoms with E-state index < -0.39 is 97.5 Å². The average Bonchev–Trinajstić information content (AvgIpc) is 0.895. The number of esters is 4. The highest BCUT2D eigenvalue weighted by Gasteiger charge is 2.31. The highest BCUT2D eigenvalue weighted by atomic mass is 31.2. The fourth-order valence-electron chi connectivity index (χ4n) is 14.4. The van der Waals surface area contributed by atoms with Gasteiger partial charge in [0.25, 0.3) is 0 Å². The second kappa shape index (κ2) is 81.8. The number of phosphoric ester groups is 2. The van der Waals surface area contributed by atoms with E-state index >= 15 is 0 Å². The Hall–Kier alpha value is -1.94. The van der Waals surface area contributed by atoms with Crippen molar-refractivity contribution < 1.29 is 80.2 Å². The Morgan fingerprint density at radius 3 is 0.685 bits per heavy atom. The summed E-state index contributed by atoms with van der Waals surface area (Å²) in [4.78, 5) is 73.4. The van der Waals surface area contributed by atoms with Crippen molar-refractivity contribution in [1.29, 1.82) is 0 Å². The van der Waals surface area contributed by atoms with Crippen molar-refractivity contribution in [3.05, 3.63) is 0 Å². The Labute approximate surface area is 683 Å². The first kappa shape index (κ1) is 109. The molecule has 3 N–H and O–H groups in total. The molecule has 0 aromatic carbocycles. The number of phosphoric acid groups is 2. The molecule has 0 rings (SSSR count). The van der Waals surface area contributed by atoms with Crippen LogP contribution in [0.3, 0.4) is 0 Å². The molecule has 0 saturated carbocycles. The van der Waals surface area contributed by atoms with Crippen LogP contribution in [0, 0.1) is 17.8 Å². The molecule has 0 bridgehead atoms. The number of carbonyl (C=O) groups excluding carboxylic acids is 4. The van der Waals surface area contributed by atoms with E-state index in [-0.39, 0.29) is 25.7 Å². The number of hydrogen-bond donors (Lipinski definition) is 3.